The predicted molar refractivity (Wildman–Crippen MR) is 254 cm³/mol. The number of carboxylic acids is 1. The molecule has 0 bridgehead atoms. The van der Waals surface area contributed by atoms with Crippen molar-refractivity contribution in [1.29, 1.82) is 0 Å². The molecule has 8 rings (SSSR count). The lowest BCUT2D eigenvalue weighted by Crippen LogP contribution is -2.28. The van der Waals surface area contributed by atoms with Crippen LogP contribution in [0.5, 0.6) is 0 Å². The van der Waals surface area contributed by atoms with Crippen molar-refractivity contribution >= 4 is 93.6 Å². The number of nitrogens with two attached hydrogens (primary N) is 3. The van der Waals surface area contributed by atoms with Crippen molar-refractivity contribution in [1.82, 2.24) is 0 Å². The summed E-state index contributed by atoms with van der Waals surface area (Å²) in [6.07, 6.45) is 3.76. The number of halogens is 6. The number of carboxylic acid groups (broad SMARTS) is 1. The van der Waals surface area contributed by atoms with Crippen LogP contribution >= 0.6 is 33.0 Å². The minimum atomic E-state index is -1.67. The molecule has 3 aliphatic rings. The summed E-state index contributed by atoms with van der Waals surface area (Å²) in [5.41, 5.74) is 18.5. The molecule has 0 spiro atoms. The number of hydrogen-bond donors (Lipinski definition) is 4. The Morgan fingerprint density at radius 1 is 0.448 bits per heavy atom. The number of hydrogen-bond acceptors (Lipinski definition) is 10. The van der Waals surface area contributed by atoms with Gasteiger partial charge in [0.25, 0.3) is 0 Å². The molecule has 18 heteroatoms. The highest BCUT2D eigenvalue weighted by Crippen LogP contribution is 2.50. The van der Waals surface area contributed by atoms with E-state index in [1.54, 1.807) is 60.7 Å². The Hall–Kier alpha value is -5.87. The Morgan fingerprint density at radius 2 is 0.657 bits per heavy atom. The molecule has 0 amide bonds. The van der Waals surface area contributed by atoms with Gasteiger partial charge in [0.2, 0.25) is 14.5 Å². The topological polar surface area (TPSA) is 218 Å². The van der Waals surface area contributed by atoms with E-state index < -0.39 is 36.7 Å². The van der Waals surface area contributed by atoms with E-state index >= 15 is 0 Å². The number of rotatable bonds is 14. The van der Waals surface area contributed by atoms with Crippen LogP contribution < -0.4 is 17.2 Å². The van der Waals surface area contributed by atoms with Crippen molar-refractivity contribution in [2.75, 3.05) is 17.2 Å². The lowest BCUT2D eigenvalue weighted by molar-refractivity contribution is -0.148. The number of ketones is 4. The first-order valence-corrected chi connectivity index (χ1v) is 23.8. The number of anilines is 3. The molecule has 3 aliphatic carbocycles. The molecule has 354 valence electrons. The van der Waals surface area contributed by atoms with Crippen molar-refractivity contribution in [3.05, 3.63) is 161 Å². The minimum absolute atomic E-state index is 0.0330. The van der Waals surface area contributed by atoms with Crippen LogP contribution in [0.3, 0.4) is 0 Å². The lowest BCUT2D eigenvalue weighted by atomic mass is 9.88. The summed E-state index contributed by atoms with van der Waals surface area (Å²) in [7, 11) is 7.36. The zero-order valence-electron chi connectivity index (χ0n) is 35.8. The normalized spacial score (nSPS) is 14.9. The molecule has 11 nitrogen and oxygen atoms in total. The molecule has 0 heterocycles. The van der Waals surface area contributed by atoms with Crippen molar-refractivity contribution < 1.29 is 51.3 Å². The van der Waals surface area contributed by atoms with Crippen molar-refractivity contribution in [3.63, 3.8) is 0 Å². The first-order valence-electron chi connectivity index (χ1n) is 20.6. The molecular weight excluding hydrogens is 954 g/mol. The van der Waals surface area contributed by atoms with Crippen LogP contribution in [-0.2, 0) is 63.7 Å². The fraction of sp³-hybridized carbons (Fsp3) is 0.265. The molecule has 0 atom stereocenters. The van der Waals surface area contributed by atoms with E-state index in [0.717, 1.165) is 22.5 Å². The summed E-state index contributed by atoms with van der Waals surface area (Å²) in [5, 5.41) is 8.35. The Bertz CT molecular complexity index is 2380. The molecule has 3 fully saturated rings. The van der Waals surface area contributed by atoms with Gasteiger partial charge in [-0.1, -0.05) is 48.5 Å². The maximum absolute atomic E-state index is 12.9. The van der Waals surface area contributed by atoms with Gasteiger partial charge in [-0.3, -0.25) is 28.8 Å². The van der Waals surface area contributed by atoms with Gasteiger partial charge in [-0.05, 0) is 145 Å². The summed E-state index contributed by atoms with van der Waals surface area (Å²) in [4.78, 5) is 70.6. The van der Waals surface area contributed by atoms with Crippen LogP contribution in [0, 0.1) is 33.7 Å². The predicted octanol–water partition coefficient (Wildman–Crippen LogP) is 9.29. The highest BCUT2D eigenvalue weighted by Gasteiger charge is 2.57. The van der Waals surface area contributed by atoms with Gasteiger partial charge in [0.05, 0.1) is 5.41 Å². The van der Waals surface area contributed by atoms with Crippen LogP contribution in [0.25, 0.3) is 0 Å². The highest BCUT2D eigenvalue weighted by molar-refractivity contribution is 8.26. The summed E-state index contributed by atoms with van der Waals surface area (Å²) in [5.74, 6) is -2.63. The average molecular weight is 1000 g/mol. The summed E-state index contributed by atoms with van der Waals surface area (Å²) >= 11 is 5.40. The standard InChI is InChI=1S/C19H18FNO2.C12H10ClFO2.C12H11FO3.C6H8N2.Cl2OS/c20-15-5-1-13(2-6-15)11-17(22)19(9-10-19)18(23)12-14-3-7-16(21)8-4-14;13-11(16)12(5-6-12)10(15)7-8-1-3-9(14)4-2-8;13-9-3-1-8(2-4-9)7-10(14)12(5-6-12)11(15)16;7-5-1-2-6(8)4-3-5;1-4(2)3/h1-8H,9-12,21H2;1-4H,5-7H2;1-4H,5-7H2,(H,15,16);1-4H,7-8H2;. The number of aliphatic carboxylic acids is 1. The maximum Gasteiger partial charge on any atom is 0.317 e. The van der Waals surface area contributed by atoms with Gasteiger partial charge in [0.15, 0.2) is 23.1 Å². The minimum Gasteiger partial charge on any atom is -0.480 e. The zero-order chi connectivity index (χ0) is 49.5. The monoisotopic (exact) mass is 999 g/mol. The van der Waals surface area contributed by atoms with Crippen molar-refractivity contribution in [2.24, 2.45) is 16.2 Å². The fourth-order valence-electron chi connectivity index (χ4n) is 6.64. The van der Waals surface area contributed by atoms with Gasteiger partial charge in [-0.25, -0.2) is 17.4 Å². The molecule has 0 radical (unpaired) electrons. The third kappa shape index (κ3) is 16.5. The SMILES string of the molecule is Nc1ccc(CC(=O)C2(C(=O)Cc3ccc(F)cc3)CC2)cc1.Nc1ccc(N)cc1.O=C(Cl)C1(C(=O)Cc2ccc(F)cc2)CC1.O=C(O)C1(C(=O)Cc2ccc(F)cc2)CC1.O=S(Cl)Cl. The van der Waals surface area contributed by atoms with E-state index in [1.165, 1.54) is 48.5 Å². The largest absolute Gasteiger partial charge is 0.480 e. The average Bonchev–Trinajstić information content (AvgIpc) is 4.14. The van der Waals surface area contributed by atoms with Gasteiger partial charge in [-0.15, -0.1) is 0 Å². The molecule has 0 aliphatic heterocycles. The Labute approximate surface area is 401 Å². The smallest absolute Gasteiger partial charge is 0.317 e. The molecule has 0 unspecified atom stereocenters. The van der Waals surface area contributed by atoms with E-state index in [4.69, 9.17) is 38.1 Å². The first kappa shape index (κ1) is 53.7. The van der Waals surface area contributed by atoms with Crippen LogP contribution in [0.15, 0.2) is 121 Å². The third-order valence-corrected chi connectivity index (χ3v) is 11.6. The summed E-state index contributed by atoms with van der Waals surface area (Å²) in [6, 6.07) is 31.3. The van der Waals surface area contributed by atoms with Gasteiger partial charge < -0.3 is 22.3 Å². The lowest BCUT2D eigenvalue weighted by Gasteiger charge is -2.13. The van der Waals surface area contributed by atoms with Crippen molar-refractivity contribution in [2.45, 2.75) is 64.2 Å². The van der Waals surface area contributed by atoms with Crippen LogP contribution in [0.2, 0.25) is 0 Å². The van der Waals surface area contributed by atoms with E-state index in [9.17, 15) is 41.9 Å². The van der Waals surface area contributed by atoms with Gasteiger partial charge >= 0.3 is 5.97 Å². The Kier molecular flexibility index (Phi) is 19.4. The number of Topliss-reactive ketones (excluding diaryl/α,β-unsaturated/α-hetero) is 4. The quantitative estimate of drug-likeness (QED) is 0.0467. The van der Waals surface area contributed by atoms with Crippen LogP contribution in [0.4, 0.5) is 30.2 Å². The van der Waals surface area contributed by atoms with E-state index in [1.807, 2.05) is 12.1 Å². The van der Waals surface area contributed by atoms with Gasteiger partial charge in [0, 0.05) is 64.1 Å². The Morgan fingerprint density at radius 3 is 0.881 bits per heavy atom. The number of nitrogen functional groups attached to an aromatic ring is 3. The van der Waals surface area contributed by atoms with Gasteiger partial charge in [-0.2, -0.15) is 0 Å². The molecule has 5 aromatic carbocycles. The molecule has 5 aromatic rings. The second-order valence-corrected chi connectivity index (χ2v) is 19.1. The molecule has 0 aromatic heterocycles. The number of carbonyl (C=O) groups is 6. The molecular formula is C49H47Cl3F3N3O8S. The van der Waals surface area contributed by atoms with Crippen LogP contribution in [-0.4, -0.2) is 43.7 Å². The van der Waals surface area contributed by atoms with Gasteiger partial charge in [0.1, 0.15) is 28.3 Å². The second kappa shape index (κ2) is 24.2. The Balaban J connectivity index is 0.000000199. The van der Waals surface area contributed by atoms with E-state index in [2.05, 4.69) is 21.4 Å². The zero-order valence-corrected chi connectivity index (χ0v) is 38.9. The highest BCUT2D eigenvalue weighted by atomic mass is 36.0. The van der Waals surface area contributed by atoms with E-state index in [0.29, 0.717) is 55.3 Å². The molecule has 0 saturated heterocycles. The number of benzene rings is 5. The number of carbonyl (C=O) groups excluding carboxylic acids is 5. The van der Waals surface area contributed by atoms with E-state index in [-0.39, 0.29) is 66.3 Å². The first-order chi connectivity index (χ1) is 31.6. The van der Waals surface area contributed by atoms with Crippen molar-refractivity contribution in [3.8, 4) is 0 Å². The fourth-order valence-corrected chi connectivity index (χ4v) is 6.94. The maximum atomic E-state index is 12.9. The summed E-state index contributed by atoms with van der Waals surface area (Å²) in [6.45, 7) is 0. The third-order valence-electron chi connectivity index (χ3n) is 11.3. The van der Waals surface area contributed by atoms with Crippen LogP contribution in [0.1, 0.15) is 60.8 Å². The molecule has 7 N–H and O–H groups in total. The second-order valence-electron chi connectivity index (χ2n) is 16.2. The molecule has 67 heavy (non-hydrogen) atoms. The molecule has 3 saturated carbocycles. The summed E-state index contributed by atoms with van der Waals surface area (Å²) < 4.78 is 47.3.